The molecule has 214 valence electrons. The third-order valence-electron chi connectivity index (χ3n) is 7.40. The summed E-state index contributed by atoms with van der Waals surface area (Å²) in [6.45, 7) is 5.33. The largest absolute Gasteiger partial charge is 0.379 e. The van der Waals surface area contributed by atoms with Gasteiger partial charge in [0.05, 0.1) is 19.4 Å². The highest BCUT2D eigenvalue weighted by Gasteiger charge is 2.26. The lowest BCUT2D eigenvalue weighted by Crippen LogP contribution is -2.44. The molecule has 2 amide bonds. The van der Waals surface area contributed by atoms with Gasteiger partial charge >= 0.3 is 6.03 Å². The molecule has 1 fully saturated rings. The number of ether oxygens (including phenoxy) is 2. The smallest absolute Gasteiger partial charge is 0.315 e. The van der Waals surface area contributed by atoms with Gasteiger partial charge in [-0.15, -0.1) is 0 Å². The lowest BCUT2D eigenvalue weighted by Gasteiger charge is -2.31. The summed E-state index contributed by atoms with van der Waals surface area (Å²) in [5.74, 6) is 0.120. The van der Waals surface area contributed by atoms with Crippen molar-refractivity contribution in [1.29, 1.82) is 0 Å². The van der Waals surface area contributed by atoms with E-state index in [4.69, 9.17) is 14.5 Å². The summed E-state index contributed by atoms with van der Waals surface area (Å²) in [5, 5.41) is 7.76. The molecular weight excluding hydrogens is 513 g/mol. The van der Waals surface area contributed by atoms with E-state index in [-0.39, 0.29) is 18.1 Å². The normalized spacial score (nSPS) is 17.4. The zero-order valence-corrected chi connectivity index (χ0v) is 23.0. The van der Waals surface area contributed by atoms with Gasteiger partial charge in [0.1, 0.15) is 17.1 Å². The molecular formula is C29H38FN7O3. The molecule has 1 aliphatic rings. The molecule has 4 aromatic rings. The topological polar surface area (TPSA) is 119 Å². The number of fused-ring (bicyclic) bond motifs is 2. The van der Waals surface area contributed by atoms with Crippen LogP contribution >= 0.6 is 0 Å². The maximum atomic E-state index is 13.9. The van der Waals surface area contributed by atoms with Crippen molar-refractivity contribution in [2.45, 2.75) is 64.0 Å². The summed E-state index contributed by atoms with van der Waals surface area (Å²) in [7, 11) is 0. The Balaban J connectivity index is 1.13. The van der Waals surface area contributed by atoms with Gasteiger partial charge in [-0.05, 0) is 64.0 Å². The Labute approximate surface area is 233 Å². The van der Waals surface area contributed by atoms with Crippen LogP contribution in [0.25, 0.3) is 33.5 Å². The average Bonchev–Trinajstić information content (AvgIpc) is 3.58. The Morgan fingerprint density at radius 2 is 2.05 bits per heavy atom. The quantitative estimate of drug-likeness (QED) is 0.199. The molecule has 0 aromatic carbocycles. The molecule has 0 saturated heterocycles. The molecule has 1 aliphatic carbocycles. The van der Waals surface area contributed by atoms with Crippen molar-refractivity contribution < 1.29 is 18.7 Å². The molecule has 4 heterocycles. The Bertz CT molecular complexity index is 1410. The van der Waals surface area contributed by atoms with Crippen molar-refractivity contribution in [1.82, 2.24) is 35.1 Å². The monoisotopic (exact) mass is 551 g/mol. The molecule has 3 N–H and O–H groups in total. The van der Waals surface area contributed by atoms with Gasteiger partial charge in [0.15, 0.2) is 5.82 Å². The van der Waals surface area contributed by atoms with Gasteiger partial charge in [0, 0.05) is 66.8 Å². The number of hydrogen-bond donors (Lipinski definition) is 3. The zero-order valence-electron chi connectivity index (χ0n) is 23.0. The highest BCUT2D eigenvalue weighted by molar-refractivity contribution is 5.92. The van der Waals surface area contributed by atoms with Crippen LogP contribution in [0.15, 0.2) is 36.9 Å². The van der Waals surface area contributed by atoms with E-state index < -0.39 is 5.82 Å². The number of halogens is 1. The van der Waals surface area contributed by atoms with Crippen molar-refractivity contribution in [3.8, 4) is 11.4 Å². The van der Waals surface area contributed by atoms with Crippen LogP contribution in [0.2, 0.25) is 0 Å². The lowest BCUT2D eigenvalue weighted by molar-refractivity contribution is 0.0513. The Hall–Kier alpha value is -3.57. The maximum absolute atomic E-state index is 13.9. The number of H-pyrrole nitrogens is 1. The first-order valence-corrected chi connectivity index (χ1v) is 14.3. The van der Waals surface area contributed by atoms with Crippen LogP contribution in [-0.4, -0.2) is 69.5 Å². The van der Waals surface area contributed by atoms with Gasteiger partial charge in [-0.1, -0.05) is 0 Å². The molecule has 11 heteroatoms. The van der Waals surface area contributed by atoms with Crippen molar-refractivity contribution in [3.05, 3.63) is 42.7 Å². The van der Waals surface area contributed by atoms with Gasteiger partial charge in [-0.25, -0.2) is 24.1 Å². The van der Waals surface area contributed by atoms with E-state index in [9.17, 15) is 9.18 Å². The molecule has 0 spiro atoms. The summed E-state index contributed by atoms with van der Waals surface area (Å²) in [6.07, 6.45) is 13.5. The fraction of sp³-hybridized carbons (Fsp3) is 0.517. The third kappa shape index (κ3) is 6.95. The number of amides is 2. The molecule has 40 heavy (non-hydrogen) atoms. The van der Waals surface area contributed by atoms with Crippen LogP contribution in [0.5, 0.6) is 0 Å². The van der Waals surface area contributed by atoms with E-state index in [1.807, 2.05) is 19.2 Å². The second kappa shape index (κ2) is 13.7. The van der Waals surface area contributed by atoms with Crippen LogP contribution in [0.1, 0.15) is 57.9 Å². The first kappa shape index (κ1) is 28.0. The van der Waals surface area contributed by atoms with Crippen molar-refractivity contribution in [2.75, 3.05) is 33.0 Å². The minimum atomic E-state index is -0.402. The zero-order chi connectivity index (χ0) is 27.7. The predicted molar refractivity (Wildman–Crippen MR) is 152 cm³/mol. The van der Waals surface area contributed by atoms with Crippen molar-refractivity contribution in [2.24, 2.45) is 0 Å². The van der Waals surface area contributed by atoms with Crippen LogP contribution in [0, 0.1) is 5.82 Å². The van der Waals surface area contributed by atoms with E-state index in [1.54, 1.807) is 12.4 Å². The highest BCUT2D eigenvalue weighted by Crippen LogP contribution is 2.33. The number of rotatable bonds is 13. The van der Waals surface area contributed by atoms with Crippen LogP contribution in [-0.2, 0) is 9.47 Å². The summed E-state index contributed by atoms with van der Waals surface area (Å²) < 4.78 is 26.8. The number of aromatic nitrogens is 5. The number of pyridine rings is 1. The van der Waals surface area contributed by atoms with Crippen LogP contribution < -0.4 is 10.6 Å². The molecule has 1 saturated carbocycles. The number of nitrogens with zero attached hydrogens (tertiary/aromatic N) is 4. The molecule has 0 unspecified atom stereocenters. The van der Waals surface area contributed by atoms with Gasteiger partial charge < -0.3 is 29.7 Å². The average molecular weight is 552 g/mol. The second-order valence-corrected chi connectivity index (χ2v) is 10.2. The van der Waals surface area contributed by atoms with E-state index in [0.717, 1.165) is 62.6 Å². The first-order valence-electron chi connectivity index (χ1n) is 14.3. The van der Waals surface area contributed by atoms with Gasteiger partial charge in [-0.2, -0.15) is 0 Å². The SMILES string of the molecule is CCOCCOCCCCCNC(=O)N[C@@H]1CCC[C@H](n2ccc3cnc(-c4c[nH]c5ncc(F)cc45)nc32)C1. The second-order valence-electron chi connectivity index (χ2n) is 10.2. The standard InChI is InChI=1S/C29H38FN7O3/c1-2-39-13-14-40-12-5-3-4-10-31-29(38)35-22-7-6-8-23(16-22)37-11-9-20-17-32-27(36-28(20)37)25-19-34-26-24(25)15-21(30)18-33-26/h9,11,15,17-19,22-23H,2-8,10,12-14,16H2,1H3,(H,33,34)(H2,31,35,38)/t22-,23+/m1/s1. The molecule has 2 atom stereocenters. The Kier molecular flexibility index (Phi) is 9.56. The van der Waals surface area contributed by atoms with Gasteiger partial charge in [0.25, 0.3) is 0 Å². The number of unbranched alkanes of at least 4 members (excludes halogenated alkanes) is 2. The maximum Gasteiger partial charge on any atom is 0.315 e. The molecule has 4 aromatic heterocycles. The van der Waals surface area contributed by atoms with Crippen LogP contribution in [0.3, 0.4) is 0 Å². The summed E-state index contributed by atoms with van der Waals surface area (Å²) in [5.41, 5.74) is 2.14. The van der Waals surface area contributed by atoms with E-state index in [0.29, 0.717) is 48.8 Å². The fourth-order valence-corrected chi connectivity index (χ4v) is 5.38. The van der Waals surface area contributed by atoms with Gasteiger partial charge in [-0.3, -0.25) is 0 Å². The van der Waals surface area contributed by atoms with Crippen molar-refractivity contribution >= 4 is 28.1 Å². The molecule has 0 radical (unpaired) electrons. The minimum Gasteiger partial charge on any atom is -0.379 e. The van der Waals surface area contributed by atoms with E-state index in [2.05, 4.69) is 30.2 Å². The van der Waals surface area contributed by atoms with E-state index >= 15 is 0 Å². The highest BCUT2D eigenvalue weighted by atomic mass is 19.1. The number of carbonyl (C=O) groups is 1. The predicted octanol–water partition coefficient (Wildman–Crippen LogP) is 5.12. The Morgan fingerprint density at radius 1 is 1.15 bits per heavy atom. The number of carbonyl (C=O) groups excluding carboxylic acids is 1. The Morgan fingerprint density at radius 3 is 2.95 bits per heavy atom. The number of urea groups is 1. The minimum absolute atomic E-state index is 0.0962. The first-order chi connectivity index (χ1) is 19.6. The molecule has 5 rings (SSSR count). The van der Waals surface area contributed by atoms with Crippen molar-refractivity contribution in [3.63, 3.8) is 0 Å². The number of hydrogen-bond acceptors (Lipinski definition) is 6. The molecule has 0 aliphatic heterocycles. The summed E-state index contributed by atoms with van der Waals surface area (Å²) >= 11 is 0. The number of nitrogens with one attached hydrogen (secondary N) is 3. The number of aromatic amines is 1. The summed E-state index contributed by atoms with van der Waals surface area (Å²) in [6, 6.07) is 3.66. The van der Waals surface area contributed by atoms with E-state index in [1.165, 1.54) is 12.3 Å². The third-order valence-corrected chi connectivity index (χ3v) is 7.40. The molecule has 0 bridgehead atoms. The molecule has 10 nitrogen and oxygen atoms in total. The van der Waals surface area contributed by atoms with Crippen LogP contribution in [0.4, 0.5) is 9.18 Å². The van der Waals surface area contributed by atoms with Gasteiger partial charge in [0.2, 0.25) is 0 Å². The summed E-state index contributed by atoms with van der Waals surface area (Å²) in [4.78, 5) is 29.1. The lowest BCUT2D eigenvalue weighted by atomic mass is 9.91. The fourth-order valence-electron chi connectivity index (χ4n) is 5.38.